The molecule has 8 nitrogen and oxygen atoms in total. The summed E-state index contributed by atoms with van der Waals surface area (Å²) in [5, 5.41) is 8.12. The van der Waals surface area contributed by atoms with E-state index in [1.54, 1.807) is 10.9 Å². The van der Waals surface area contributed by atoms with E-state index in [2.05, 4.69) is 36.3 Å². The largest absolute Gasteiger partial charge is 0.490 e. The number of rotatable bonds is 9. The van der Waals surface area contributed by atoms with Crippen molar-refractivity contribution in [1.82, 2.24) is 19.9 Å². The van der Waals surface area contributed by atoms with Crippen molar-refractivity contribution in [3.8, 4) is 5.75 Å². The SMILES string of the molecule is CCOC(Cn1cc(C(=O)N2CCC(Oc3c(C)cccc3C)CC2)nn1)OCC. The Morgan fingerprint density at radius 3 is 2.37 bits per heavy atom. The molecule has 164 valence electrons. The molecule has 1 aromatic carbocycles. The summed E-state index contributed by atoms with van der Waals surface area (Å²) in [6, 6.07) is 6.16. The van der Waals surface area contributed by atoms with Gasteiger partial charge in [0, 0.05) is 39.1 Å². The number of ether oxygens (including phenoxy) is 3. The van der Waals surface area contributed by atoms with Gasteiger partial charge in [-0.05, 0) is 38.8 Å². The summed E-state index contributed by atoms with van der Waals surface area (Å²) in [6.45, 7) is 10.7. The van der Waals surface area contributed by atoms with Gasteiger partial charge in [0.1, 0.15) is 11.9 Å². The lowest BCUT2D eigenvalue weighted by molar-refractivity contribution is -0.145. The Labute approximate surface area is 178 Å². The van der Waals surface area contributed by atoms with Crippen LogP contribution >= 0.6 is 0 Å². The molecule has 0 bridgehead atoms. The van der Waals surface area contributed by atoms with E-state index >= 15 is 0 Å². The predicted octanol–water partition coefficient (Wildman–Crippen LogP) is 2.98. The Morgan fingerprint density at radius 1 is 1.13 bits per heavy atom. The van der Waals surface area contributed by atoms with Crippen molar-refractivity contribution in [2.75, 3.05) is 26.3 Å². The van der Waals surface area contributed by atoms with Gasteiger partial charge in [0.15, 0.2) is 12.0 Å². The molecule has 3 rings (SSSR count). The van der Waals surface area contributed by atoms with Gasteiger partial charge in [-0.2, -0.15) is 0 Å². The van der Waals surface area contributed by atoms with E-state index in [9.17, 15) is 4.79 Å². The number of benzene rings is 1. The van der Waals surface area contributed by atoms with Gasteiger partial charge in [0.2, 0.25) is 0 Å². The normalized spacial score (nSPS) is 15.0. The number of carbonyl (C=O) groups excluding carboxylic acids is 1. The van der Waals surface area contributed by atoms with Crippen molar-refractivity contribution in [2.24, 2.45) is 0 Å². The molecule has 2 heterocycles. The number of aromatic nitrogens is 3. The van der Waals surface area contributed by atoms with E-state index in [1.165, 1.54) is 0 Å². The van der Waals surface area contributed by atoms with Crippen LogP contribution in [-0.4, -0.2) is 64.5 Å². The molecule has 0 N–H and O–H groups in total. The minimum atomic E-state index is -0.401. The minimum Gasteiger partial charge on any atom is -0.490 e. The molecule has 1 saturated heterocycles. The van der Waals surface area contributed by atoms with E-state index in [-0.39, 0.29) is 12.0 Å². The molecule has 2 aromatic rings. The summed E-state index contributed by atoms with van der Waals surface area (Å²) in [7, 11) is 0. The van der Waals surface area contributed by atoms with Crippen molar-refractivity contribution in [1.29, 1.82) is 0 Å². The zero-order valence-electron chi connectivity index (χ0n) is 18.3. The predicted molar refractivity (Wildman–Crippen MR) is 113 cm³/mol. The number of hydrogen-bond donors (Lipinski definition) is 0. The Morgan fingerprint density at radius 2 is 1.77 bits per heavy atom. The number of piperidine rings is 1. The van der Waals surface area contributed by atoms with Crippen molar-refractivity contribution >= 4 is 5.91 Å². The van der Waals surface area contributed by atoms with Crippen LogP contribution in [0.5, 0.6) is 5.75 Å². The van der Waals surface area contributed by atoms with Gasteiger partial charge in [-0.1, -0.05) is 23.4 Å². The van der Waals surface area contributed by atoms with Crippen molar-refractivity contribution < 1.29 is 19.0 Å². The van der Waals surface area contributed by atoms with Crippen molar-refractivity contribution in [2.45, 2.75) is 59.5 Å². The highest BCUT2D eigenvalue weighted by Gasteiger charge is 2.27. The average Bonchev–Trinajstić information content (AvgIpc) is 3.20. The average molecular weight is 417 g/mol. The van der Waals surface area contributed by atoms with E-state index < -0.39 is 6.29 Å². The van der Waals surface area contributed by atoms with Crippen LogP contribution in [-0.2, 0) is 16.0 Å². The Bertz CT molecular complexity index is 804. The van der Waals surface area contributed by atoms with Gasteiger partial charge in [0.05, 0.1) is 12.7 Å². The molecule has 30 heavy (non-hydrogen) atoms. The highest BCUT2D eigenvalue weighted by atomic mass is 16.7. The number of carbonyl (C=O) groups is 1. The van der Waals surface area contributed by atoms with E-state index in [4.69, 9.17) is 14.2 Å². The second kappa shape index (κ2) is 10.5. The molecular formula is C22H32N4O4. The molecule has 8 heteroatoms. The molecule has 0 unspecified atom stereocenters. The van der Waals surface area contributed by atoms with E-state index in [1.807, 2.05) is 24.8 Å². The molecule has 0 radical (unpaired) electrons. The second-order valence-electron chi connectivity index (χ2n) is 7.50. The molecule has 1 aliphatic rings. The highest BCUT2D eigenvalue weighted by molar-refractivity contribution is 5.92. The maximum absolute atomic E-state index is 12.8. The van der Waals surface area contributed by atoms with Gasteiger partial charge in [-0.15, -0.1) is 5.10 Å². The third-order valence-corrected chi connectivity index (χ3v) is 5.22. The first-order valence-corrected chi connectivity index (χ1v) is 10.7. The van der Waals surface area contributed by atoms with E-state index in [0.717, 1.165) is 29.7 Å². The third kappa shape index (κ3) is 5.58. The monoisotopic (exact) mass is 416 g/mol. The van der Waals surface area contributed by atoms with Crippen LogP contribution in [0.2, 0.25) is 0 Å². The van der Waals surface area contributed by atoms with Crippen molar-refractivity contribution in [3.05, 3.63) is 41.2 Å². The van der Waals surface area contributed by atoms with Crippen LogP contribution in [0.25, 0.3) is 0 Å². The number of nitrogens with zero attached hydrogens (tertiary/aromatic N) is 4. The Hall–Kier alpha value is -2.45. The summed E-state index contributed by atoms with van der Waals surface area (Å²) in [5.74, 6) is 0.861. The maximum Gasteiger partial charge on any atom is 0.276 e. The first kappa shape index (κ1) is 22.2. The lowest BCUT2D eigenvalue weighted by Gasteiger charge is -2.32. The van der Waals surface area contributed by atoms with Crippen LogP contribution in [0.1, 0.15) is 48.3 Å². The standard InChI is InChI=1S/C22H32N4O4/c1-5-28-20(29-6-2)15-26-14-19(23-24-26)22(27)25-12-10-18(11-13-25)30-21-16(3)8-7-9-17(21)4/h7-9,14,18,20H,5-6,10-13,15H2,1-4H3. The first-order chi connectivity index (χ1) is 14.5. The summed E-state index contributed by atoms with van der Waals surface area (Å²) >= 11 is 0. The summed E-state index contributed by atoms with van der Waals surface area (Å²) in [4.78, 5) is 14.7. The fourth-order valence-corrected chi connectivity index (χ4v) is 3.65. The zero-order chi connectivity index (χ0) is 21.5. The van der Waals surface area contributed by atoms with Crippen LogP contribution in [0.3, 0.4) is 0 Å². The molecule has 1 aliphatic heterocycles. The summed E-state index contributed by atoms with van der Waals surface area (Å²) in [6.07, 6.45) is 2.96. The number of aryl methyl sites for hydroxylation is 2. The van der Waals surface area contributed by atoms with Crippen molar-refractivity contribution in [3.63, 3.8) is 0 Å². The number of amides is 1. The minimum absolute atomic E-state index is 0.101. The highest BCUT2D eigenvalue weighted by Crippen LogP contribution is 2.26. The summed E-state index contributed by atoms with van der Waals surface area (Å²) in [5.41, 5.74) is 2.63. The second-order valence-corrected chi connectivity index (χ2v) is 7.50. The Kier molecular flexibility index (Phi) is 7.81. The first-order valence-electron chi connectivity index (χ1n) is 10.7. The molecule has 0 atom stereocenters. The van der Waals surface area contributed by atoms with Crippen LogP contribution in [0.15, 0.2) is 24.4 Å². The molecule has 0 saturated carbocycles. The number of likely N-dealkylation sites (tertiary alicyclic amines) is 1. The number of para-hydroxylation sites is 1. The lowest BCUT2D eigenvalue weighted by atomic mass is 10.1. The topological polar surface area (TPSA) is 78.7 Å². The molecule has 0 aliphatic carbocycles. The fraction of sp³-hybridized carbons (Fsp3) is 0.591. The van der Waals surface area contributed by atoms with Gasteiger partial charge < -0.3 is 19.1 Å². The quantitative estimate of drug-likeness (QED) is 0.585. The number of hydrogen-bond acceptors (Lipinski definition) is 6. The van der Waals surface area contributed by atoms with Gasteiger partial charge in [0.25, 0.3) is 5.91 Å². The van der Waals surface area contributed by atoms with Gasteiger partial charge in [-0.25, -0.2) is 4.68 Å². The molecule has 1 aromatic heterocycles. The van der Waals surface area contributed by atoms with Gasteiger partial charge in [-0.3, -0.25) is 4.79 Å². The summed E-state index contributed by atoms with van der Waals surface area (Å²) < 4.78 is 18.9. The zero-order valence-corrected chi connectivity index (χ0v) is 18.3. The van der Waals surface area contributed by atoms with Gasteiger partial charge >= 0.3 is 0 Å². The lowest BCUT2D eigenvalue weighted by Crippen LogP contribution is -2.42. The molecule has 0 spiro atoms. The third-order valence-electron chi connectivity index (χ3n) is 5.22. The van der Waals surface area contributed by atoms with Crippen LogP contribution in [0, 0.1) is 13.8 Å². The fourth-order valence-electron chi connectivity index (χ4n) is 3.65. The van der Waals surface area contributed by atoms with E-state index in [0.29, 0.717) is 38.5 Å². The Balaban J connectivity index is 1.53. The smallest absolute Gasteiger partial charge is 0.276 e. The molecular weight excluding hydrogens is 384 g/mol. The van der Waals surface area contributed by atoms with Crippen LogP contribution in [0.4, 0.5) is 0 Å². The molecule has 1 fully saturated rings. The molecule has 1 amide bonds. The maximum atomic E-state index is 12.8. The van der Waals surface area contributed by atoms with Crippen LogP contribution < -0.4 is 4.74 Å².